The number of aliphatic hydroxyl groups excluding tert-OH is 3. The van der Waals surface area contributed by atoms with Crippen LogP contribution in [0.4, 0.5) is 29.1 Å². The second kappa shape index (κ2) is 45.2. The molecule has 51 heteroatoms. The molecule has 0 bridgehead atoms. The van der Waals surface area contributed by atoms with Gasteiger partial charge in [-0.1, -0.05) is 22.7 Å². The Morgan fingerprint density at radius 3 is 1.00 bits per heavy atom. The van der Waals surface area contributed by atoms with Crippen LogP contribution >= 0.6 is 84.5 Å². The van der Waals surface area contributed by atoms with E-state index in [-0.39, 0.29) is 62.3 Å². The van der Waals surface area contributed by atoms with Crippen LogP contribution in [0.15, 0.2) is 53.0 Å². The number of nitrogens with zero attached hydrogens (tertiary/aromatic N) is 14. The smallest absolute Gasteiger partial charge is 0.457 e. The van der Waals surface area contributed by atoms with Crippen LogP contribution in [0.2, 0.25) is 0 Å². The molecule has 0 aliphatic rings. The number of aliphatic hydroxyl groups is 3. The lowest BCUT2D eigenvalue weighted by Gasteiger charge is -2.12. The topological polar surface area (TPSA) is 700 Å². The maximum Gasteiger partial charge on any atom is 0.481 e. The average molecular weight is 1650 g/mol. The van der Waals surface area contributed by atoms with Gasteiger partial charge in [0, 0.05) is 110 Å². The summed E-state index contributed by atoms with van der Waals surface area (Å²) < 4.78 is 77.9. The molecule has 1 atom stereocenters. The molecule has 0 aliphatic heterocycles. The number of nitrogen functional groups attached to an aromatic ring is 5. The zero-order chi connectivity index (χ0) is 78.3. The second-order valence-electron chi connectivity index (χ2n) is 20.9. The number of aromatic nitrogens is 14. The highest BCUT2D eigenvalue weighted by Crippen LogP contribution is 2.58. The second-order valence-corrected chi connectivity index (χ2v) is 31.2. The monoisotopic (exact) mass is 1650 g/mol. The molecule has 0 saturated heterocycles. The molecule has 0 saturated carbocycles. The Morgan fingerprint density at radius 1 is 0.390 bits per heavy atom. The Balaban J connectivity index is 0.000000423. The van der Waals surface area contributed by atoms with Gasteiger partial charge in [-0.05, 0) is 48.5 Å². The molecule has 0 aliphatic carbocycles. The van der Waals surface area contributed by atoms with Gasteiger partial charge in [0.25, 0.3) is 0 Å². The largest absolute Gasteiger partial charge is 0.481 e. The molecule has 9 rings (SSSR count). The summed E-state index contributed by atoms with van der Waals surface area (Å²) in [4.78, 5) is 129. The summed E-state index contributed by atoms with van der Waals surface area (Å²) >= 11 is 6.21. The Kier molecular flexibility index (Phi) is 40.7. The number of phosphoric acid groups is 5. The lowest BCUT2D eigenvalue weighted by atomic mass is 10.2. The van der Waals surface area contributed by atoms with Gasteiger partial charge in [0.05, 0.1) is 76.3 Å². The van der Waals surface area contributed by atoms with E-state index in [1.807, 2.05) is 50.2 Å². The van der Waals surface area contributed by atoms with Crippen molar-refractivity contribution in [3.05, 3.63) is 152 Å². The minimum atomic E-state index is -5.13. The van der Waals surface area contributed by atoms with Crippen molar-refractivity contribution < 1.29 is 119 Å². The van der Waals surface area contributed by atoms with Crippen molar-refractivity contribution in [3.8, 4) is 0 Å². The first-order valence-corrected chi connectivity index (χ1v) is 40.8. The third-order valence-corrected chi connectivity index (χ3v) is 20.7. The van der Waals surface area contributed by atoms with Crippen molar-refractivity contribution in [1.82, 2.24) is 59.8 Å². The Hall–Kier alpha value is -6.65. The highest BCUT2D eigenvalue weighted by molar-refractivity contribution is 7.60. The van der Waals surface area contributed by atoms with Crippen molar-refractivity contribution in [2.75, 3.05) is 55.1 Å². The molecule has 25 N–H and O–H groups in total. The maximum atomic E-state index is 11.1. The van der Waals surface area contributed by atoms with Crippen LogP contribution in [-0.2, 0) is 109 Å². The fraction of sp³-hybridized carbons (Fsp3) is 0.407. The standard InChI is InChI=1S/C12H17N4O4PS.C12H17N4OS.C6H11N3O7P2.C6H10N3O4P.C6H9N3O.C6H10NO4PS.C6H9NOS.H2O/c1-8-11(3-4-20-21(17,18)19)22-7-16(8)6-10-5-14-9(2)15-12(10)13;1-8-11(3-4-17)18-7-16(8)6-10-5-14-9(2)15-12(10)13;1-4-8-2-5(6(7)9-4)3-15-18(13,14)16-17(10,11)12;1-4-8-2-5(6(7)9-4)3-13-14(10,11)12;1-4-8-2-5(3-10)6(7)9-4;1-5-6(13-4-7-5)2-3-11-12(8,9)10;1-5-6(2-3-8)9-4-7-5;/h5,7H,3-4,6H2,1-2H3,(H3-,13,14,15,17,18,19);5,7,17H,3-4,6H2,1-2H3,(H2,13,14,15);2H,3H2,1H3,(H,13,14)(H2,7,8,9)(H2,10,11,12);2H,3H2,1H3,(H2,7,8,9)(H2,10,11,12);2,10H,3H2,1H3,(H2,7,8,9);4H,2-3H2,1H3,(H2,8,9,10);4,8H,2-3H2,1H3;1H2/q;+1;;;;;;/p+2. The van der Waals surface area contributed by atoms with Crippen LogP contribution in [0, 0.1) is 62.3 Å². The van der Waals surface area contributed by atoms with Gasteiger partial charge in [-0.15, -0.1) is 22.7 Å². The van der Waals surface area contributed by atoms with Crippen molar-refractivity contribution in [1.29, 1.82) is 0 Å². The minimum Gasteiger partial charge on any atom is -0.457 e. The summed E-state index contributed by atoms with van der Waals surface area (Å²) in [5.74, 6) is 4.35. The summed E-state index contributed by atoms with van der Waals surface area (Å²) in [5.41, 5.74) is 42.6. The average Bonchev–Trinajstić information content (AvgIpc) is 1.72. The third kappa shape index (κ3) is 38.1. The van der Waals surface area contributed by atoms with Crippen molar-refractivity contribution in [2.45, 2.75) is 121 Å². The van der Waals surface area contributed by atoms with Crippen LogP contribution in [0.5, 0.6) is 0 Å². The molecule has 42 nitrogen and oxygen atoms in total. The number of thiazole rings is 4. The molecule has 0 fully saturated rings. The van der Waals surface area contributed by atoms with Crippen LogP contribution < -0.4 is 37.8 Å². The quantitative estimate of drug-likeness (QED) is 0.0222. The molecule has 0 radical (unpaired) electrons. The van der Waals surface area contributed by atoms with Gasteiger partial charge < -0.3 is 93.5 Å². The minimum absolute atomic E-state index is 0. The molecule has 105 heavy (non-hydrogen) atoms. The molecule has 1 unspecified atom stereocenters. The van der Waals surface area contributed by atoms with Gasteiger partial charge in [-0.3, -0.25) is 18.1 Å². The van der Waals surface area contributed by atoms with Crippen LogP contribution in [0.3, 0.4) is 0 Å². The number of anilines is 5. The van der Waals surface area contributed by atoms with Gasteiger partial charge in [-0.25, -0.2) is 82.6 Å². The number of aryl methyl sites for hydroxylation is 7. The van der Waals surface area contributed by atoms with Crippen LogP contribution in [0.25, 0.3) is 0 Å². The molecule has 9 aromatic heterocycles. The molecule has 0 aromatic carbocycles. The third-order valence-electron chi connectivity index (χ3n) is 12.8. The first kappa shape index (κ1) is 94.4. The zero-order valence-corrected chi connectivity index (χ0v) is 65.7. The van der Waals surface area contributed by atoms with E-state index in [1.165, 1.54) is 51.0 Å². The van der Waals surface area contributed by atoms with E-state index < -0.39 is 45.7 Å². The van der Waals surface area contributed by atoms with Gasteiger partial charge in [-0.2, -0.15) is 13.4 Å². The summed E-state index contributed by atoms with van der Waals surface area (Å²) in [6, 6.07) is 0. The Morgan fingerprint density at radius 2 is 0.695 bits per heavy atom. The first-order valence-electron chi connectivity index (χ1n) is 29.7. The van der Waals surface area contributed by atoms with Gasteiger partial charge in [0.2, 0.25) is 11.0 Å². The molecule has 9 aromatic rings. The number of hydrogen-bond donors (Lipinski definition) is 17. The number of rotatable bonds is 25. The molecular formula is C54H87N19O23P5S4+3. The van der Waals surface area contributed by atoms with E-state index in [2.05, 4.69) is 86.8 Å². The Labute approximate surface area is 617 Å². The van der Waals surface area contributed by atoms with E-state index in [1.54, 1.807) is 73.8 Å². The summed E-state index contributed by atoms with van der Waals surface area (Å²) in [6.07, 6.45) is 10.0. The molecule has 0 spiro atoms. The van der Waals surface area contributed by atoms with Crippen molar-refractivity contribution >= 4 is 114 Å². The lowest BCUT2D eigenvalue weighted by Crippen LogP contribution is -2.35. The summed E-state index contributed by atoms with van der Waals surface area (Å²) in [5, 5.41) is 26.2. The molecule has 0 amide bonds. The number of nitrogens with two attached hydrogens (primary N) is 5. The van der Waals surface area contributed by atoms with Crippen LogP contribution in [-0.4, -0.2) is 146 Å². The number of phosphoric ester groups is 4. The fourth-order valence-corrected chi connectivity index (χ4v) is 13.5. The number of hydrogen-bond acceptors (Lipinski definition) is 34. The van der Waals surface area contributed by atoms with E-state index in [0.717, 1.165) is 50.1 Å². The first-order chi connectivity index (χ1) is 48.4. The Bertz CT molecular complexity index is 4430. The SMILES string of the molecule is Cc1ncc(CO)c(N)n1.Cc1ncc(COP(=O)(O)O)c(N)n1.Cc1ncc(COP(=O)(O)OP(=O)(O)O)c(N)n1.Cc1ncc(C[n+]2csc(CCO)c2C)c(N)n1.Cc1ncc(C[n+]2csc(CCOP(=O)(O)O)c2C)c(N)n1.Cc1ncsc1CCO.Cc1ncsc1CCOP(=O)(O)O.[OH3+]. The lowest BCUT2D eigenvalue weighted by molar-refractivity contribution is -0.689. The predicted molar refractivity (Wildman–Crippen MR) is 387 cm³/mol. The van der Waals surface area contributed by atoms with Gasteiger partial charge >= 0.3 is 39.1 Å². The van der Waals surface area contributed by atoms with E-state index in [9.17, 15) is 22.8 Å². The van der Waals surface area contributed by atoms with Crippen molar-refractivity contribution in [2.24, 2.45) is 0 Å². The zero-order valence-electron chi connectivity index (χ0n) is 57.9. The summed E-state index contributed by atoms with van der Waals surface area (Å²) in [6.45, 7) is 17.1. The predicted octanol–water partition coefficient (Wildman–Crippen LogP) is 2.43. The van der Waals surface area contributed by atoms with E-state index >= 15 is 0 Å². The molecule has 9 heterocycles. The summed E-state index contributed by atoms with van der Waals surface area (Å²) in [7, 11) is -23.2. The van der Waals surface area contributed by atoms with E-state index in [4.69, 9.17) is 88.0 Å². The maximum absolute atomic E-state index is 11.1. The van der Waals surface area contributed by atoms with Crippen molar-refractivity contribution in [3.63, 3.8) is 0 Å². The fourth-order valence-electron chi connectivity index (χ4n) is 7.52. The normalized spacial score (nSPS) is 11.8. The molecule has 582 valence electrons. The van der Waals surface area contributed by atoms with Gasteiger partial charge in [0.1, 0.15) is 58.2 Å². The molecular weight excluding hydrogens is 1570 g/mol. The van der Waals surface area contributed by atoms with E-state index in [0.29, 0.717) is 90.1 Å². The van der Waals surface area contributed by atoms with Gasteiger partial charge in [0.15, 0.2) is 24.5 Å². The highest BCUT2D eigenvalue weighted by Gasteiger charge is 2.33. The highest BCUT2D eigenvalue weighted by atomic mass is 32.1. The van der Waals surface area contributed by atoms with Crippen LogP contribution in [0.1, 0.15) is 99.2 Å².